The highest BCUT2D eigenvalue weighted by molar-refractivity contribution is 5.80. The van der Waals surface area contributed by atoms with E-state index < -0.39 is 0 Å². The van der Waals surface area contributed by atoms with Gasteiger partial charge in [0.25, 0.3) is 5.56 Å². The van der Waals surface area contributed by atoms with Crippen molar-refractivity contribution in [3.8, 4) is 17.2 Å². The molecule has 4 aromatic rings. The molecule has 1 aromatic heterocycles. The molecule has 0 aliphatic carbocycles. The van der Waals surface area contributed by atoms with Crippen LogP contribution in [0.15, 0.2) is 77.6 Å². The molecule has 4 rings (SSSR count). The lowest BCUT2D eigenvalue weighted by Gasteiger charge is -2.11. The number of methoxy groups -OCH3 is 1. The van der Waals surface area contributed by atoms with Gasteiger partial charge in [-0.05, 0) is 48.0 Å². The van der Waals surface area contributed by atoms with Gasteiger partial charge in [0.1, 0.15) is 5.82 Å². The summed E-state index contributed by atoms with van der Waals surface area (Å²) in [6.45, 7) is 0. The molecule has 0 bridgehead atoms. The first kappa shape index (κ1) is 17.5. The predicted octanol–water partition coefficient (Wildman–Crippen LogP) is 4.27. The minimum absolute atomic E-state index is 0.0738. The van der Waals surface area contributed by atoms with E-state index in [1.807, 2.05) is 54.6 Å². The van der Waals surface area contributed by atoms with Crippen LogP contribution in [-0.2, 0) is 0 Å². The van der Waals surface area contributed by atoms with Crippen LogP contribution in [0.4, 0.5) is 0 Å². The van der Waals surface area contributed by atoms with E-state index in [0.717, 1.165) is 11.3 Å². The molecule has 0 saturated heterocycles. The first-order valence-electron chi connectivity index (χ1n) is 8.79. The summed E-state index contributed by atoms with van der Waals surface area (Å²) in [5, 5.41) is 10.3. The van der Waals surface area contributed by atoms with E-state index in [4.69, 9.17) is 4.74 Å². The average molecular weight is 370 g/mol. The Labute approximate surface area is 161 Å². The molecule has 0 aliphatic heterocycles. The van der Waals surface area contributed by atoms with E-state index in [1.165, 1.54) is 7.11 Å². The number of aromatic nitrogens is 2. The molecule has 0 spiro atoms. The number of nitrogens with zero attached hydrogens (tertiary/aromatic N) is 2. The quantitative estimate of drug-likeness (QED) is 0.583. The highest BCUT2D eigenvalue weighted by Crippen LogP contribution is 2.27. The van der Waals surface area contributed by atoms with Crippen molar-refractivity contribution >= 4 is 23.1 Å². The fourth-order valence-corrected chi connectivity index (χ4v) is 3.06. The summed E-state index contributed by atoms with van der Waals surface area (Å²) in [5.41, 5.74) is 2.08. The van der Waals surface area contributed by atoms with E-state index in [1.54, 1.807) is 34.9 Å². The molecule has 0 saturated carbocycles. The predicted molar refractivity (Wildman–Crippen MR) is 111 cm³/mol. The van der Waals surface area contributed by atoms with Crippen LogP contribution in [0.25, 0.3) is 28.7 Å². The highest BCUT2D eigenvalue weighted by Gasteiger charge is 2.10. The largest absolute Gasteiger partial charge is 0.504 e. The molecule has 0 amide bonds. The molecule has 3 aromatic carbocycles. The van der Waals surface area contributed by atoms with Gasteiger partial charge in [-0.25, -0.2) is 4.98 Å². The lowest BCUT2D eigenvalue weighted by atomic mass is 10.1. The fraction of sp³-hybridized carbons (Fsp3) is 0.0435. The smallest absolute Gasteiger partial charge is 0.266 e. The molecule has 0 atom stereocenters. The van der Waals surface area contributed by atoms with Gasteiger partial charge in [-0.3, -0.25) is 9.36 Å². The van der Waals surface area contributed by atoms with E-state index in [0.29, 0.717) is 22.5 Å². The van der Waals surface area contributed by atoms with Crippen molar-refractivity contribution in [3.05, 3.63) is 94.5 Å². The Morgan fingerprint density at radius 3 is 2.50 bits per heavy atom. The Hall–Kier alpha value is -3.86. The maximum Gasteiger partial charge on any atom is 0.266 e. The van der Waals surface area contributed by atoms with E-state index in [-0.39, 0.29) is 11.3 Å². The molecule has 1 heterocycles. The van der Waals surface area contributed by atoms with Crippen molar-refractivity contribution in [2.45, 2.75) is 0 Å². The second-order valence-electron chi connectivity index (χ2n) is 6.23. The van der Waals surface area contributed by atoms with E-state index in [2.05, 4.69) is 4.98 Å². The van der Waals surface area contributed by atoms with Crippen molar-refractivity contribution in [1.82, 2.24) is 9.55 Å². The molecule has 0 fully saturated rings. The minimum Gasteiger partial charge on any atom is -0.504 e. The zero-order valence-electron chi connectivity index (χ0n) is 15.2. The first-order chi connectivity index (χ1) is 13.7. The van der Waals surface area contributed by atoms with Crippen LogP contribution in [0.3, 0.4) is 0 Å². The summed E-state index contributed by atoms with van der Waals surface area (Å²) in [6.07, 6.45) is 3.62. The summed E-state index contributed by atoms with van der Waals surface area (Å²) in [7, 11) is 1.50. The monoisotopic (exact) mass is 370 g/mol. The maximum absolute atomic E-state index is 13.1. The van der Waals surface area contributed by atoms with Gasteiger partial charge in [0.15, 0.2) is 11.5 Å². The Morgan fingerprint density at radius 1 is 0.964 bits per heavy atom. The molecule has 0 radical (unpaired) electrons. The van der Waals surface area contributed by atoms with Crippen molar-refractivity contribution < 1.29 is 9.84 Å². The van der Waals surface area contributed by atoms with Crippen LogP contribution >= 0.6 is 0 Å². The third-order valence-corrected chi connectivity index (χ3v) is 4.44. The number of ether oxygens (including phenoxy) is 1. The Balaban J connectivity index is 1.89. The lowest BCUT2D eigenvalue weighted by molar-refractivity contribution is 0.373. The van der Waals surface area contributed by atoms with Gasteiger partial charge in [0, 0.05) is 0 Å². The molecule has 1 N–H and O–H groups in total. The molecular formula is C23H18N2O3. The molecular weight excluding hydrogens is 352 g/mol. The molecule has 28 heavy (non-hydrogen) atoms. The fourth-order valence-electron chi connectivity index (χ4n) is 3.06. The minimum atomic E-state index is -0.125. The SMILES string of the molecule is COc1cc(/C=C/c2nc3ccccc3c(=O)n2-c2ccccc2)ccc1O. The van der Waals surface area contributed by atoms with Crippen LogP contribution < -0.4 is 10.3 Å². The van der Waals surface area contributed by atoms with Crippen molar-refractivity contribution in [1.29, 1.82) is 0 Å². The summed E-state index contributed by atoms with van der Waals surface area (Å²) < 4.78 is 6.75. The van der Waals surface area contributed by atoms with Gasteiger partial charge in [-0.2, -0.15) is 0 Å². The molecule has 5 nitrogen and oxygen atoms in total. The number of phenols is 1. The molecule has 0 aliphatic rings. The second kappa shape index (κ2) is 7.40. The number of hydrogen-bond acceptors (Lipinski definition) is 4. The summed E-state index contributed by atoms with van der Waals surface area (Å²) in [6, 6.07) is 21.8. The van der Waals surface area contributed by atoms with Crippen LogP contribution in [0.5, 0.6) is 11.5 Å². The van der Waals surface area contributed by atoms with Gasteiger partial charge in [0.05, 0.1) is 23.7 Å². The van der Waals surface area contributed by atoms with Gasteiger partial charge in [-0.1, -0.05) is 42.5 Å². The van der Waals surface area contributed by atoms with Crippen LogP contribution in [0.1, 0.15) is 11.4 Å². The van der Waals surface area contributed by atoms with E-state index in [9.17, 15) is 9.90 Å². The standard InChI is InChI=1S/C23H18N2O3/c1-28-21-15-16(11-13-20(21)26)12-14-22-24-19-10-6-5-9-18(19)23(27)25(22)17-7-3-2-4-8-17/h2-15,26H,1H3/b14-12+. The Morgan fingerprint density at radius 2 is 1.71 bits per heavy atom. The summed E-state index contributed by atoms with van der Waals surface area (Å²) in [5.74, 6) is 0.973. The van der Waals surface area contributed by atoms with Gasteiger partial charge < -0.3 is 9.84 Å². The van der Waals surface area contributed by atoms with Crippen LogP contribution in [0, 0.1) is 0 Å². The number of rotatable bonds is 4. The number of fused-ring (bicyclic) bond motifs is 1. The number of phenolic OH excluding ortho intramolecular Hbond substituents is 1. The summed E-state index contributed by atoms with van der Waals surface area (Å²) in [4.78, 5) is 17.8. The zero-order valence-corrected chi connectivity index (χ0v) is 15.2. The second-order valence-corrected chi connectivity index (χ2v) is 6.23. The maximum atomic E-state index is 13.1. The van der Waals surface area contributed by atoms with Gasteiger partial charge in [0.2, 0.25) is 0 Å². The van der Waals surface area contributed by atoms with Crippen LogP contribution in [-0.4, -0.2) is 21.8 Å². The lowest BCUT2D eigenvalue weighted by Crippen LogP contribution is -2.22. The normalized spacial score (nSPS) is 11.2. The third-order valence-electron chi connectivity index (χ3n) is 4.44. The molecule has 5 heteroatoms. The number of benzene rings is 3. The van der Waals surface area contributed by atoms with Crippen LogP contribution in [0.2, 0.25) is 0 Å². The topological polar surface area (TPSA) is 64.3 Å². The highest BCUT2D eigenvalue weighted by atomic mass is 16.5. The van der Waals surface area contributed by atoms with Crippen molar-refractivity contribution in [3.63, 3.8) is 0 Å². The van der Waals surface area contributed by atoms with Gasteiger partial charge >= 0.3 is 0 Å². The zero-order chi connectivity index (χ0) is 19.5. The van der Waals surface area contributed by atoms with E-state index >= 15 is 0 Å². The number of para-hydroxylation sites is 2. The Kier molecular flexibility index (Phi) is 4.64. The first-order valence-corrected chi connectivity index (χ1v) is 8.79. The van der Waals surface area contributed by atoms with Gasteiger partial charge in [-0.15, -0.1) is 0 Å². The van der Waals surface area contributed by atoms with Crippen molar-refractivity contribution in [2.75, 3.05) is 7.11 Å². The number of hydrogen-bond donors (Lipinski definition) is 1. The molecule has 138 valence electrons. The number of aromatic hydroxyl groups is 1. The van der Waals surface area contributed by atoms with Crippen molar-refractivity contribution in [2.24, 2.45) is 0 Å². The third kappa shape index (κ3) is 3.25. The average Bonchev–Trinajstić information content (AvgIpc) is 2.74. The summed E-state index contributed by atoms with van der Waals surface area (Å²) >= 11 is 0. The molecule has 0 unspecified atom stereocenters. The Bertz CT molecular complexity index is 1230.